The van der Waals surface area contributed by atoms with Gasteiger partial charge in [0.05, 0.1) is 15.9 Å². The van der Waals surface area contributed by atoms with Gasteiger partial charge in [-0.25, -0.2) is 0 Å². The molecule has 1 rings (SSSR count). The van der Waals surface area contributed by atoms with Crippen LogP contribution in [0.15, 0.2) is 4.47 Å². The molecular formula is C14H26BrN3O. The molecule has 19 heavy (non-hydrogen) atoms. The van der Waals surface area contributed by atoms with Gasteiger partial charge >= 0.3 is 0 Å². The second-order valence-electron chi connectivity index (χ2n) is 4.69. The zero-order valence-electron chi connectivity index (χ0n) is 12.1. The molecule has 1 heterocycles. The molecule has 0 aromatic carbocycles. The van der Waals surface area contributed by atoms with E-state index in [9.17, 15) is 0 Å². The summed E-state index contributed by atoms with van der Waals surface area (Å²) in [6.45, 7) is 7.36. The Hall–Kier alpha value is -0.390. The smallest absolute Gasteiger partial charge is 0.0767 e. The summed E-state index contributed by atoms with van der Waals surface area (Å²) in [6, 6.07) is 0. The third-order valence-electron chi connectivity index (χ3n) is 3.25. The molecule has 1 aromatic rings. The van der Waals surface area contributed by atoms with Gasteiger partial charge in [-0.05, 0) is 48.7 Å². The summed E-state index contributed by atoms with van der Waals surface area (Å²) < 4.78 is 3.23. The number of aliphatic hydroxyl groups excluding tert-OH is 1. The lowest BCUT2D eigenvalue weighted by atomic mass is 10.2. The van der Waals surface area contributed by atoms with Gasteiger partial charge in [-0.3, -0.25) is 4.68 Å². The highest BCUT2D eigenvalue weighted by atomic mass is 79.9. The molecule has 0 aliphatic heterocycles. The molecule has 0 spiro atoms. The van der Waals surface area contributed by atoms with E-state index < -0.39 is 0 Å². The molecule has 0 fully saturated rings. The van der Waals surface area contributed by atoms with E-state index in [-0.39, 0.29) is 0 Å². The minimum atomic E-state index is 0.315. The number of hydrogen-bond acceptors (Lipinski definition) is 3. The maximum Gasteiger partial charge on any atom is 0.0767 e. The molecule has 4 nitrogen and oxygen atoms in total. The van der Waals surface area contributed by atoms with Crippen molar-refractivity contribution < 1.29 is 5.11 Å². The molecule has 5 heteroatoms. The van der Waals surface area contributed by atoms with Crippen LogP contribution in [0, 0.1) is 0 Å². The molecule has 0 amide bonds. The molecular weight excluding hydrogens is 306 g/mol. The van der Waals surface area contributed by atoms with E-state index in [1.54, 1.807) is 0 Å². The molecule has 110 valence electrons. The Kier molecular flexibility index (Phi) is 8.34. The Labute approximate surface area is 124 Å². The molecule has 2 N–H and O–H groups in total. The molecule has 0 aliphatic rings. The van der Waals surface area contributed by atoms with Crippen molar-refractivity contribution in [2.45, 2.75) is 59.0 Å². The minimum Gasteiger partial charge on any atom is -0.396 e. The normalized spacial score (nSPS) is 11.2. The fourth-order valence-electron chi connectivity index (χ4n) is 2.11. The number of aromatic nitrogens is 2. The predicted molar refractivity (Wildman–Crippen MR) is 82.2 cm³/mol. The number of hydrogen-bond donors (Lipinski definition) is 2. The van der Waals surface area contributed by atoms with E-state index in [1.165, 1.54) is 18.5 Å². The molecule has 0 atom stereocenters. The number of unbranched alkanes of at least 4 members (excludes halogenated alkanes) is 3. The van der Waals surface area contributed by atoms with Crippen molar-refractivity contribution in [2.24, 2.45) is 0 Å². The summed E-state index contributed by atoms with van der Waals surface area (Å²) in [5.74, 6) is 0. The lowest BCUT2D eigenvalue weighted by Gasteiger charge is -2.07. The van der Waals surface area contributed by atoms with Crippen molar-refractivity contribution in [1.29, 1.82) is 0 Å². The first-order chi connectivity index (χ1) is 9.24. The fourth-order valence-corrected chi connectivity index (χ4v) is 2.81. The Bertz CT molecular complexity index is 366. The van der Waals surface area contributed by atoms with Crippen LogP contribution in [0.2, 0.25) is 0 Å². The number of nitrogens with zero attached hydrogens (tertiary/aromatic N) is 2. The Balaban J connectivity index is 2.34. The Morgan fingerprint density at radius 2 is 1.95 bits per heavy atom. The maximum atomic E-state index is 8.70. The van der Waals surface area contributed by atoms with Crippen molar-refractivity contribution in [3.8, 4) is 0 Å². The van der Waals surface area contributed by atoms with Gasteiger partial charge in [0.15, 0.2) is 0 Å². The predicted octanol–water partition coefficient (Wildman–Crippen LogP) is 2.87. The Morgan fingerprint density at radius 1 is 1.21 bits per heavy atom. The zero-order valence-corrected chi connectivity index (χ0v) is 13.7. The van der Waals surface area contributed by atoms with E-state index in [4.69, 9.17) is 5.11 Å². The van der Waals surface area contributed by atoms with Crippen LogP contribution in [0.25, 0.3) is 0 Å². The summed E-state index contributed by atoms with van der Waals surface area (Å²) in [5.41, 5.74) is 2.39. The summed E-state index contributed by atoms with van der Waals surface area (Å²) in [5, 5.41) is 16.8. The molecule has 0 unspecified atom stereocenters. The third kappa shape index (κ3) is 5.24. The highest BCUT2D eigenvalue weighted by Crippen LogP contribution is 2.22. The molecule has 0 radical (unpaired) electrons. The van der Waals surface area contributed by atoms with E-state index in [1.807, 2.05) is 0 Å². The number of aliphatic hydroxyl groups is 1. The number of halogens is 1. The summed E-state index contributed by atoms with van der Waals surface area (Å²) >= 11 is 3.66. The van der Waals surface area contributed by atoms with Gasteiger partial charge in [-0.1, -0.05) is 19.8 Å². The van der Waals surface area contributed by atoms with Gasteiger partial charge in [0.1, 0.15) is 0 Å². The maximum absolute atomic E-state index is 8.70. The highest BCUT2D eigenvalue weighted by Gasteiger charge is 2.12. The SMILES string of the molecule is CCc1nn(CC)c(CNCCCCCCO)c1Br. The minimum absolute atomic E-state index is 0.315. The van der Waals surface area contributed by atoms with Gasteiger partial charge in [-0.2, -0.15) is 5.10 Å². The standard InChI is InChI=1S/C14H26BrN3O/c1-3-12-14(15)13(18(4-2)17-12)11-16-9-7-5-6-8-10-19/h16,19H,3-11H2,1-2H3. The second-order valence-corrected chi connectivity index (χ2v) is 5.48. The van der Waals surface area contributed by atoms with E-state index in [0.29, 0.717) is 6.61 Å². The van der Waals surface area contributed by atoms with Gasteiger partial charge in [0.2, 0.25) is 0 Å². The number of aryl methyl sites for hydroxylation is 2. The van der Waals surface area contributed by atoms with Crippen LogP contribution < -0.4 is 5.32 Å². The highest BCUT2D eigenvalue weighted by molar-refractivity contribution is 9.10. The van der Waals surface area contributed by atoms with E-state index in [2.05, 4.69) is 44.9 Å². The molecule has 0 bridgehead atoms. The lowest BCUT2D eigenvalue weighted by Crippen LogP contribution is -2.18. The van der Waals surface area contributed by atoms with Crippen LogP contribution in [0.5, 0.6) is 0 Å². The van der Waals surface area contributed by atoms with Crippen molar-refractivity contribution in [1.82, 2.24) is 15.1 Å². The zero-order chi connectivity index (χ0) is 14.1. The van der Waals surface area contributed by atoms with Gasteiger partial charge in [-0.15, -0.1) is 0 Å². The first-order valence-electron chi connectivity index (χ1n) is 7.30. The van der Waals surface area contributed by atoms with Crippen LogP contribution in [0.4, 0.5) is 0 Å². The van der Waals surface area contributed by atoms with Gasteiger partial charge < -0.3 is 10.4 Å². The second kappa shape index (κ2) is 9.50. The van der Waals surface area contributed by atoms with Crippen LogP contribution in [0.1, 0.15) is 50.9 Å². The van der Waals surface area contributed by atoms with Crippen molar-refractivity contribution in [3.05, 3.63) is 15.9 Å². The largest absolute Gasteiger partial charge is 0.396 e. The average Bonchev–Trinajstić information content (AvgIpc) is 2.74. The number of rotatable bonds is 10. The first-order valence-corrected chi connectivity index (χ1v) is 8.09. The van der Waals surface area contributed by atoms with E-state index >= 15 is 0 Å². The van der Waals surface area contributed by atoms with E-state index in [0.717, 1.165) is 49.1 Å². The molecule has 0 saturated carbocycles. The first kappa shape index (κ1) is 16.7. The Morgan fingerprint density at radius 3 is 2.58 bits per heavy atom. The summed E-state index contributed by atoms with van der Waals surface area (Å²) in [4.78, 5) is 0. The quantitative estimate of drug-likeness (QED) is 0.648. The molecule has 1 aromatic heterocycles. The van der Waals surface area contributed by atoms with Crippen molar-refractivity contribution >= 4 is 15.9 Å². The van der Waals surface area contributed by atoms with Crippen LogP contribution in [-0.4, -0.2) is 28.0 Å². The van der Waals surface area contributed by atoms with Gasteiger partial charge in [0, 0.05) is 19.7 Å². The van der Waals surface area contributed by atoms with Crippen molar-refractivity contribution in [3.63, 3.8) is 0 Å². The topological polar surface area (TPSA) is 50.1 Å². The monoisotopic (exact) mass is 331 g/mol. The van der Waals surface area contributed by atoms with Crippen molar-refractivity contribution in [2.75, 3.05) is 13.2 Å². The summed E-state index contributed by atoms with van der Waals surface area (Å²) in [7, 11) is 0. The average molecular weight is 332 g/mol. The summed E-state index contributed by atoms with van der Waals surface area (Å²) in [6.07, 6.45) is 5.35. The number of nitrogens with one attached hydrogen (secondary N) is 1. The fraction of sp³-hybridized carbons (Fsp3) is 0.786. The molecule has 0 saturated heterocycles. The van der Waals surface area contributed by atoms with Crippen LogP contribution in [0.3, 0.4) is 0 Å². The molecule has 0 aliphatic carbocycles. The third-order valence-corrected chi connectivity index (χ3v) is 4.16. The lowest BCUT2D eigenvalue weighted by molar-refractivity contribution is 0.282. The van der Waals surface area contributed by atoms with Crippen LogP contribution in [-0.2, 0) is 19.5 Å². The van der Waals surface area contributed by atoms with Gasteiger partial charge in [0.25, 0.3) is 0 Å². The van der Waals surface area contributed by atoms with Crippen LogP contribution >= 0.6 is 15.9 Å².